The molecule has 0 spiro atoms. The zero-order valence-electron chi connectivity index (χ0n) is 12.5. The Labute approximate surface area is 116 Å². The lowest BCUT2D eigenvalue weighted by atomic mass is 10.2. The van der Waals surface area contributed by atoms with Crippen molar-refractivity contribution in [3.63, 3.8) is 0 Å². The van der Waals surface area contributed by atoms with Crippen LogP contribution in [0, 0.1) is 5.92 Å². The van der Waals surface area contributed by atoms with Gasteiger partial charge in [0, 0.05) is 25.8 Å². The van der Waals surface area contributed by atoms with Gasteiger partial charge in [-0.15, -0.1) is 0 Å². The third kappa shape index (κ3) is 5.03. The van der Waals surface area contributed by atoms with E-state index in [-0.39, 0.29) is 5.91 Å². The van der Waals surface area contributed by atoms with Crippen LogP contribution >= 0.6 is 0 Å². The van der Waals surface area contributed by atoms with Crippen LogP contribution in [0.3, 0.4) is 0 Å². The lowest BCUT2D eigenvalue weighted by Crippen LogP contribution is -2.34. The largest absolute Gasteiger partial charge is 0.342 e. The first-order valence-electron chi connectivity index (χ1n) is 7.05. The van der Waals surface area contributed by atoms with Gasteiger partial charge in [-0.3, -0.25) is 4.79 Å². The van der Waals surface area contributed by atoms with Gasteiger partial charge in [0.25, 0.3) is 0 Å². The molecule has 0 bridgehead atoms. The highest BCUT2D eigenvalue weighted by Crippen LogP contribution is 2.02. The van der Waals surface area contributed by atoms with Gasteiger partial charge in [0.2, 0.25) is 5.91 Å². The normalized spacial score (nSPS) is 11.0. The van der Waals surface area contributed by atoms with E-state index < -0.39 is 0 Å². The minimum atomic E-state index is 0.146. The van der Waals surface area contributed by atoms with Crippen molar-refractivity contribution < 1.29 is 4.79 Å². The van der Waals surface area contributed by atoms with Gasteiger partial charge >= 0.3 is 0 Å². The molecule has 1 N–H and O–H groups in total. The van der Waals surface area contributed by atoms with Crippen LogP contribution in [0.5, 0.6) is 0 Å². The van der Waals surface area contributed by atoms with Crippen molar-refractivity contribution >= 4 is 5.91 Å². The van der Waals surface area contributed by atoms with Crippen molar-refractivity contribution in [1.82, 2.24) is 19.8 Å². The zero-order chi connectivity index (χ0) is 14.3. The number of hydrogen-bond acceptors (Lipinski definition) is 3. The highest BCUT2D eigenvalue weighted by molar-refractivity contribution is 5.76. The fraction of sp³-hybridized carbons (Fsp3) is 0.714. The molecule has 1 aromatic heterocycles. The first-order chi connectivity index (χ1) is 9.08. The molecule has 1 heterocycles. The minimum Gasteiger partial charge on any atom is -0.342 e. The van der Waals surface area contributed by atoms with Crippen LogP contribution < -0.4 is 5.32 Å². The molecule has 1 rings (SSSR count). The lowest BCUT2D eigenvalue weighted by molar-refractivity contribution is -0.131. The summed E-state index contributed by atoms with van der Waals surface area (Å²) in [4.78, 5) is 18.0. The van der Waals surface area contributed by atoms with Crippen LogP contribution in [-0.4, -0.2) is 40.0 Å². The van der Waals surface area contributed by atoms with Crippen molar-refractivity contribution in [1.29, 1.82) is 0 Å². The molecule has 19 heavy (non-hydrogen) atoms. The Morgan fingerprint density at radius 2 is 2.11 bits per heavy atom. The molecule has 0 unspecified atom stereocenters. The molecule has 0 fully saturated rings. The summed E-state index contributed by atoms with van der Waals surface area (Å²) < 4.78 is 1.92. The molecule has 5 heteroatoms. The zero-order valence-corrected chi connectivity index (χ0v) is 12.5. The minimum absolute atomic E-state index is 0.146. The molecule has 0 radical (unpaired) electrons. The third-order valence-corrected chi connectivity index (χ3v) is 3.08. The summed E-state index contributed by atoms with van der Waals surface area (Å²) in [5.41, 5.74) is 1.06. The van der Waals surface area contributed by atoms with E-state index in [1.807, 2.05) is 29.5 Å². The molecule has 0 aliphatic carbocycles. The highest BCUT2D eigenvalue weighted by atomic mass is 16.2. The molecular weight excluding hydrogens is 240 g/mol. The summed E-state index contributed by atoms with van der Waals surface area (Å²) in [6, 6.07) is 0. The molecule has 0 aliphatic heterocycles. The second kappa shape index (κ2) is 7.94. The monoisotopic (exact) mass is 266 g/mol. The summed E-state index contributed by atoms with van der Waals surface area (Å²) in [6.07, 6.45) is 3.55. The smallest absolute Gasteiger partial charge is 0.242 e. The summed E-state index contributed by atoms with van der Waals surface area (Å²) in [5, 5.41) is 3.37. The lowest BCUT2D eigenvalue weighted by Gasteiger charge is -2.19. The SMILES string of the molecule is CCN(CC)C(=O)Cn1cncc1CNCC(C)C. The van der Waals surface area contributed by atoms with E-state index in [4.69, 9.17) is 0 Å². The fourth-order valence-electron chi connectivity index (χ4n) is 1.95. The average Bonchev–Trinajstić information content (AvgIpc) is 2.78. The molecule has 1 aromatic rings. The highest BCUT2D eigenvalue weighted by Gasteiger charge is 2.12. The number of carbonyl (C=O) groups excluding carboxylic acids is 1. The Morgan fingerprint density at radius 1 is 1.42 bits per heavy atom. The Bertz CT molecular complexity index is 383. The number of hydrogen-bond donors (Lipinski definition) is 1. The Balaban J connectivity index is 2.54. The van der Waals surface area contributed by atoms with Gasteiger partial charge in [-0.1, -0.05) is 13.8 Å². The van der Waals surface area contributed by atoms with Crippen LogP contribution in [0.4, 0.5) is 0 Å². The molecule has 1 amide bonds. The molecule has 0 aliphatic rings. The molecule has 0 aromatic carbocycles. The van der Waals surface area contributed by atoms with Crippen LogP contribution in [0.1, 0.15) is 33.4 Å². The maximum Gasteiger partial charge on any atom is 0.242 e. The van der Waals surface area contributed by atoms with Crippen molar-refractivity contribution in [2.24, 2.45) is 5.92 Å². The molecule has 108 valence electrons. The predicted octanol–water partition coefficient (Wildman–Crippen LogP) is 1.50. The molecular formula is C14H26N4O. The fourth-order valence-corrected chi connectivity index (χ4v) is 1.95. The maximum atomic E-state index is 12.1. The van der Waals surface area contributed by atoms with Crippen molar-refractivity contribution in [2.45, 2.75) is 40.8 Å². The topological polar surface area (TPSA) is 50.2 Å². The summed E-state index contributed by atoms with van der Waals surface area (Å²) in [7, 11) is 0. The summed E-state index contributed by atoms with van der Waals surface area (Å²) >= 11 is 0. The predicted molar refractivity (Wildman–Crippen MR) is 76.7 cm³/mol. The van der Waals surface area contributed by atoms with Crippen molar-refractivity contribution in [3.05, 3.63) is 18.2 Å². The number of imidazole rings is 1. The molecule has 0 saturated heterocycles. The third-order valence-electron chi connectivity index (χ3n) is 3.08. The molecule has 5 nitrogen and oxygen atoms in total. The van der Waals surface area contributed by atoms with E-state index in [0.717, 1.165) is 31.9 Å². The van der Waals surface area contributed by atoms with Crippen LogP contribution in [0.15, 0.2) is 12.5 Å². The average molecular weight is 266 g/mol. The first-order valence-corrected chi connectivity index (χ1v) is 7.05. The standard InChI is InChI=1S/C14H26N4O/c1-5-17(6-2)14(19)10-18-11-16-9-13(18)8-15-7-12(3)4/h9,11-12,15H,5-8,10H2,1-4H3. The van der Waals surface area contributed by atoms with Gasteiger partial charge in [0.05, 0.1) is 12.0 Å². The number of nitrogens with zero attached hydrogens (tertiary/aromatic N) is 3. The number of aromatic nitrogens is 2. The van der Waals surface area contributed by atoms with Crippen LogP contribution in [0.2, 0.25) is 0 Å². The second-order valence-corrected chi connectivity index (χ2v) is 5.10. The van der Waals surface area contributed by atoms with E-state index in [9.17, 15) is 4.79 Å². The number of nitrogens with one attached hydrogen (secondary N) is 1. The van der Waals surface area contributed by atoms with Crippen molar-refractivity contribution in [2.75, 3.05) is 19.6 Å². The Hall–Kier alpha value is -1.36. The molecule has 0 saturated carbocycles. The Kier molecular flexibility index (Phi) is 6.56. The van der Waals surface area contributed by atoms with E-state index >= 15 is 0 Å². The van der Waals surface area contributed by atoms with Gasteiger partial charge in [0.1, 0.15) is 6.54 Å². The van der Waals surface area contributed by atoms with Crippen LogP contribution in [0.25, 0.3) is 0 Å². The van der Waals surface area contributed by atoms with Gasteiger partial charge in [-0.05, 0) is 26.3 Å². The van der Waals surface area contributed by atoms with Gasteiger partial charge in [-0.25, -0.2) is 4.98 Å². The number of likely N-dealkylation sites (N-methyl/N-ethyl adjacent to an activating group) is 1. The van der Waals surface area contributed by atoms with Crippen molar-refractivity contribution in [3.8, 4) is 0 Å². The van der Waals surface area contributed by atoms with Gasteiger partial charge in [-0.2, -0.15) is 0 Å². The number of carbonyl (C=O) groups is 1. The van der Waals surface area contributed by atoms with Crippen LogP contribution in [-0.2, 0) is 17.9 Å². The maximum absolute atomic E-state index is 12.1. The quantitative estimate of drug-likeness (QED) is 0.775. The van der Waals surface area contributed by atoms with Gasteiger partial charge < -0.3 is 14.8 Å². The summed E-state index contributed by atoms with van der Waals surface area (Å²) in [5.74, 6) is 0.766. The Morgan fingerprint density at radius 3 is 2.68 bits per heavy atom. The molecule has 0 atom stereocenters. The number of amides is 1. The number of rotatable bonds is 8. The van der Waals surface area contributed by atoms with E-state index in [2.05, 4.69) is 24.1 Å². The summed E-state index contributed by atoms with van der Waals surface area (Å²) in [6.45, 7) is 12.0. The van der Waals surface area contributed by atoms with Gasteiger partial charge in [0.15, 0.2) is 0 Å². The van der Waals surface area contributed by atoms with E-state index in [0.29, 0.717) is 12.5 Å². The first kappa shape index (κ1) is 15.7. The second-order valence-electron chi connectivity index (χ2n) is 5.10. The van der Waals surface area contributed by atoms with E-state index in [1.54, 1.807) is 6.33 Å². The van der Waals surface area contributed by atoms with E-state index in [1.165, 1.54) is 0 Å².